The molecule has 1 saturated heterocycles. The number of hydrogen-bond donors (Lipinski definition) is 1. The summed E-state index contributed by atoms with van der Waals surface area (Å²) in [4.78, 5) is 26.3. The van der Waals surface area contributed by atoms with E-state index in [1.807, 2.05) is 23.6 Å². The maximum atomic E-state index is 11.9. The summed E-state index contributed by atoms with van der Waals surface area (Å²) in [7, 11) is 0. The topological polar surface area (TPSA) is 60.9 Å². The summed E-state index contributed by atoms with van der Waals surface area (Å²) in [5, 5.41) is 8.67. The van der Waals surface area contributed by atoms with E-state index in [2.05, 4.69) is 0 Å². The predicted molar refractivity (Wildman–Crippen MR) is 64.8 cm³/mol. The summed E-state index contributed by atoms with van der Waals surface area (Å²) in [5.74, 6) is -0.689. The van der Waals surface area contributed by atoms with E-state index >= 15 is 0 Å². The zero-order valence-corrected chi connectivity index (χ0v) is 10.7. The summed E-state index contributed by atoms with van der Waals surface area (Å²) < 4.78 is 0. The third-order valence-corrected chi connectivity index (χ3v) is 3.14. The molecule has 0 bridgehead atoms. The fourth-order valence-electron chi connectivity index (χ4n) is 2.00. The van der Waals surface area contributed by atoms with Gasteiger partial charge in [-0.1, -0.05) is 0 Å². The fraction of sp³-hybridized carbons (Fsp3) is 0.833. The molecule has 0 aliphatic carbocycles. The minimum absolute atomic E-state index is 0.0888. The first-order valence-corrected chi connectivity index (χ1v) is 6.24. The normalized spacial score (nSPS) is 15.9. The average Bonchev–Trinajstić information content (AvgIpc) is 2.76. The molecule has 0 radical (unpaired) electrons. The van der Waals surface area contributed by atoms with Gasteiger partial charge in [-0.05, 0) is 26.7 Å². The number of aliphatic carboxylic acids is 1. The van der Waals surface area contributed by atoms with Gasteiger partial charge in [-0.3, -0.25) is 14.5 Å². The van der Waals surface area contributed by atoms with E-state index in [1.165, 1.54) is 0 Å². The third-order valence-electron chi connectivity index (χ3n) is 3.14. The van der Waals surface area contributed by atoms with Crippen LogP contribution in [0.2, 0.25) is 0 Å². The van der Waals surface area contributed by atoms with Gasteiger partial charge in [0, 0.05) is 25.7 Å². The molecule has 0 aromatic rings. The Bertz CT molecular complexity index is 273. The molecule has 1 amide bonds. The number of nitrogens with zero attached hydrogens (tertiary/aromatic N) is 2. The summed E-state index contributed by atoms with van der Waals surface area (Å²) in [5.41, 5.74) is 0. The van der Waals surface area contributed by atoms with Gasteiger partial charge < -0.3 is 10.0 Å². The van der Waals surface area contributed by atoms with Crippen molar-refractivity contribution in [2.24, 2.45) is 0 Å². The maximum Gasteiger partial charge on any atom is 0.304 e. The quantitative estimate of drug-likeness (QED) is 0.748. The molecule has 1 aliphatic rings. The molecule has 0 spiro atoms. The number of rotatable bonds is 6. The molecule has 0 aromatic carbocycles. The van der Waals surface area contributed by atoms with Gasteiger partial charge in [-0.25, -0.2) is 0 Å². The van der Waals surface area contributed by atoms with Crippen molar-refractivity contribution in [1.29, 1.82) is 0 Å². The SMILES string of the molecule is CC(C)N(CCC(=O)O)CC(=O)N1CCCC1. The highest BCUT2D eigenvalue weighted by Gasteiger charge is 2.21. The second-order valence-electron chi connectivity index (χ2n) is 4.80. The second-order valence-corrected chi connectivity index (χ2v) is 4.80. The van der Waals surface area contributed by atoms with Crippen LogP contribution in [-0.4, -0.2) is 59.0 Å². The number of carbonyl (C=O) groups excluding carboxylic acids is 1. The Balaban J connectivity index is 2.42. The van der Waals surface area contributed by atoms with E-state index in [4.69, 9.17) is 5.11 Å². The van der Waals surface area contributed by atoms with E-state index in [1.54, 1.807) is 0 Å². The van der Waals surface area contributed by atoms with Gasteiger partial charge in [-0.15, -0.1) is 0 Å². The Kier molecular flexibility index (Phi) is 5.41. The van der Waals surface area contributed by atoms with Crippen molar-refractivity contribution in [1.82, 2.24) is 9.80 Å². The van der Waals surface area contributed by atoms with E-state index in [-0.39, 0.29) is 18.4 Å². The number of carboxylic acid groups (broad SMARTS) is 1. The van der Waals surface area contributed by atoms with Crippen LogP contribution in [0.1, 0.15) is 33.1 Å². The Labute approximate surface area is 102 Å². The van der Waals surface area contributed by atoms with Crippen molar-refractivity contribution >= 4 is 11.9 Å². The van der Waals surface area contributed by atoms with Gasteiger partial charge in [0.05, 0.1) is 13.0 Å². The van der Waals surface area contributed by atoms with E-state index in [9.17, 15) is 9.59 Å². The highest BCUT2D eigenvalue weighted by atomic mass is 16.4. The first-order valence-electron chi connectivity index (χ1n) is 6.24. The molecule has 1 fully saturated rings. The molecule has 98 valence electrons. The lowest BCUT2D eigenvalue weighted by atomic mass is 10.2. The van der Waals surface area contributed by atoms with Gasteiger partial charge >= 0.3 is 5.97 Å². The van der Waals surface area contributed by atoms with Gasteiger partial charge in [0.25, 0.3) is 0 Å². The van der Waals surface area contributed by atoms with Crippen LogP contribution in [0.4, 0.5) is 0 Å². The largest absolute Gasteiger partial charge is 0.481 e. The van der Waals surface area contributed by atoms with Crippen molar-refractivity contribution < 1.29 is 14.7 Å². The zero-order chi connectivity index (χ0) is 12.8. The first-order chi connectivity index (χ1) is 8.00. The molecule has 1 heterocycles. The van der Waals surface area contributed by atoms with Crippen molar-refractivity contribution in [2.45, 2.75) is 39.2 Å². The Morgan fingerprint density at radius 2 is 1.88 bits per heavy atom. The van der Waals surface area contributed by atoms with Crippen molar-refractivity contribution in [3.05, 3.63) is 0 Å². The predicted octanol–water partition coefficient (Wildman–Crippen LogP) is 0.794. The molecular weight excluding hydrogens is 220 g/mol. The van der Waals surface area contributed by atoms with Crippen LogP contribution < -0.4 is 0 Å². The van der Waals surface area contributed by atoms with E-state index < -0.39 is 5.97 Å². The molecule has 0 aromatic heterocycles. The first kappa shape index (κ1) is 14.0. The molecule has 1 aliphatic heterocycles. The Hall–Kier alpha value is -1.10. The summed E-state index contributed by atoms with van der Waals surface area (Å²) in [6.45, 7) is 6.45. The molecule has 1 rings (SSSR count). The van der Waals surface area contributed by atoms with E-state index in [0.29, 0.717) is 13.1 Å². The van der Waals surface area contributed by atoms with Gasteiger partial charge in [-0.2, -0.15) is 0 Å². The number of carboxylic acids is 1. The van der Waals surface area contributed by atoms with Crippen LogP contribution in [0.3, 0.4) is 0 Å². The van der Waals surface area contributed by atoms with Gasteiger partial charge in [0.15, 0.2) is 0 Å². The minimum atomic E-state index is -0.815. The van der Waals surface area contributed by atoms with Crippen LogP contribution >= 0.6 is 0 Å². The number of hydrogen-bond acceptors (Lipinski definition) is 3. The standard InChI is InChI=1S/C12H22N2O3/c1-10(2)14(8-5-12(16)17)9-11(15)13-6-3-4-7-13/h10H,3-9H2,1-2H3,(H,16,17). The molecule has 0 unspecified atom stereocenters. The van der Waals surface area contributed by atoms with Crippen molar-refractivity contribution in [3.63, 3.8) is 0 Å². The minimum Gasteiger partial charge on any atom is -0.481 e. The second kappa shape index (κ2) is 6.59. The summed E-state index contributed by atoms with van der Waals surface area (Å²) in [6, 6.07) is 0.195. The average molecular weight is 242 g/mol. The van der Waals surface area contributed by atoms with Crippen LogP contribution in [0.5, 0.6) is 0 Å². The molecule has 0 saturated carbocycles. The number of likely N-dealkylation sites (tertiary alicyclic amines) is 1. The monoisotopic (exact) mass is 242 g/mol. The third kappa shape index (κ3) is 4.73. The number of amides is 1. The van der Waals surface area contributed by atoms with Crippen molar-refractivity contribution in [3.8, 4) is 0 Å². The molecule has 17 heavy (non-hydrogen) atoms. The van der Waals surface area contributed by atoms with Gasteiger partial charge in [0.2, 0.25) is 5.91 Å². The van der Waals surface area contributed by atoms with Crippen LogP contribution in [0, 0.1) is 0 Å². The maximum absolute atomic E-state index is 11.9. The highest BCUT2D eigenvalue weighted by molar-refractivity contribution is 5.78. The van der Waals surface area contributed by atoms with Crippen LogP contribution in [0.15, 0.2) is 0 Å². The summed E-state index contributed by atoms with van der Waals surface area (Å²) >= 11 is 0. The van der Waals surface area contributed by atoms with Crippen LogP contribution in [-0.2, 0) is 9.59 Å². The lowest BCUT2D eigenvalue weighted by Gasteiger charge is -2.27. The summed E-state index contributed by atoms with van der Waals surface area (Å²) in [6.07, 6.45) is 2.26. The molecular formula is C12H22N2O3. The highest BCUT2D eigenvalue weighted by Crippen LogP contribution is 2.09. The van der Waals surface area contributed by atoms with Crippen molar-refractivity contribution in [2.75, 3.05) is 26.2 Å². The smallest absolute Gasteiger partial charge is 0.304 e. The Morgan fingerprint density at radius 3 is 2.35 bits per heavy atom. The molecule has 5 heteroatoms. The fourth-order valence-corrected chi connectivity index (χ4v) is 2.00. The molecule has 1 N–H and O–H groups in total. The zero-order valence-electron chi connectivity index (χ0n) is 10.7. The van der Waals surface area contributed by atoms with E-state index in [0.717, 1.165) is 25.9 Å². The molecule has 0 atom stereocenters. The lowest BCUT2D eigenvalue weighted by molar-refractivity contribution is -0.138. The molecule has 5 nitrogen and oxygen atoms in total. The Morgan fingerprint density at radius 1 is 1.29 bits per heavy atom. The van der Waals surface area contributed by atoms with Crippen LogP contribution in [0.25, 0.3) is 0 Å². The number of carbonyl (C=O) groups is 2. The van der Waals surface area contributed by atoms with Gasteiger partial charge in [0.1, 0.15) is 0 Å². The lowest BCUT2D eigenvalue weighted by Crippen LogP contribution is -2.42.